The largest absolute Gasteiger partial charge is 0.453 e. The zero-order chi connectivity index (χ0) is 25.3. The Kier molecular flexibility index (Phi) is 7.84. The van der Waals surface area contributed by atoms with Crippen molar-refractivity contribution in [3.05, 3.63) is 51.4 Å². The molecular weight excluding hydrogens is 516 g/mol. The molecule has 0 aliphatic carbocycles. The lowest BCUT2D eigenvalue weighted by molar-refractivity contribution is -0.284. The van der Waals surface area contributed by atoms with Gasteiger partial charge in [0.25, 0.3) is 0 Å². The number of halogens is 5. The van der Waals surface area contributed by atoms with Crippen molar-refractivity contribution in [3.63, 3.8) is 0 Å². The highest BCUT2D eigenvalue weighted by Crippen LogP contribution is 2.45. The predicted octanol–water partition coefficient (Wildman–Crippen LogP) is 6.45. The van der Waals surface area contributed by atoms with Crippen LogP contribution in [0.2, 0.25) is 0 Å². The van der Waals surface area contributed by atoms with Crippen LogP contribution >= 0.6 is 30.4 Å². The number of nitrogens with one attached hydrogen (secondary N) is 1. The van der Waals surface area contributed by atoms with Crippen LogP contribution in [0.4, 0.5) is 27.8 Å². The van der Waals surface area contributed by atoms with Crippen molar-refractivity contribution in [2.24, 2.45) is 0 Å². The van der Waals surface area contributed by atoms with Crippen molar-refractivity contribution in [1.29, 1.82) is 0 Å². The number of aromatic nitrogens is 2. The molecule has 1 N–H and O–H groups in total. The summed E-state index contributed by atoms with van der Waals surface area (Å²) in [6.45, 7) is 5.09. The molecule has 0 bridgehead atoms. The minimum atomic E-state index is -5.56. The van der Waals surface area contributed by atoms with Crippen LogP contribution in [0.3, 0.4) is 0 Å². The quantitative estimate of drug-likeness (QED) is 0.147. The van der Waals surface area contributed by atoms with E-state index in [0.29, 0.717) is 20.9 Å². The van der Waals surface area contributed by atoms with Gasteiger partial charge in [-0.05, 0) is 44.6 Å². The molecule has 34 heavy (non-hydrogen) atoms. The molecule has 0 aromatic heterocycles. The van der Waals surface area contributed by atoms with Gasteiger partial charge in [0.05, 0.1) is 4.21 Å². The van der Waals surface area contributed by atoms with Gasteiger partial charge < -0.3 is 5.09 Å². The van der Waals surface area contributed by atoms with Gasteiger partial charge in [0.2, 0.25) is 0 Å². The number of anilines is 1. The molecule has 1 unspecified atom stereocenters. The standard InChI is InChI=1S/C21H23F5N3O2PS2/c1-13-14(2)34-18(33-12-8-7-11-20(22,23)21(24,25)26)16-17(27-19(30)29(13)16)28-32(3,31)15-9-5-4-6-10-15/h4-6,9-10H,7-8,11-12H2,1-3H3,(H,27,28,30,31). The lowest BCUT2D eigenvalue weighted by Gasteiger charge is -2.20. The van der Waals surface area contributed by atoms with Crippen molar-refractivity contribution in [2.45, 2.75) is 49.4 Å². The zero-order valence-electron chi connectivity index (χ0n) is 18.6. The van der Waals surface area contributed by atoms with Crippen LogP contribution in [0.25, 0.3) is 5.69 Å². The number of rotatable bonds is 9. The topological polar surface area (TPSA) is 64.0 Å². The first-order chi connectivity index (χ1) is 15.7. The van der Waals surface area contributed by atoms with Gasteiger partial charge in [-0.15, -0.1) is 23.1 Å². The summed E-state index contributed by atoms with van der Waals surface area (Å²) in [5.41, 5.74) is 0.526. The van der Waals surface area contributed by atoms with Gasteiger partial charge in [-0.1, -0.05) is 18.2 Å². The molecule has 1 atom stereocenters. The van der Waals surface area contributed by atoms with E-state index in [-0.39, 0.29) is 24.4 Å². The highest BCUT2D eigenvalue weighted by Gasteiger charge is 2.56. The average Bonchev–Trinajstić information content (AvgIpc) is 3.06. The smallest absolute Gasteiger partial charge is 0.316 e. The first-order valence-electron chi connectivity index (χ1n) is 10.3. The first kappa shape index (κ1) is 26.7. The number of imidazole rings is 1. The van der Waals surface area contributed by atoms with Crippen molar-refractivity contribution in [2.75, 3.05) is 17.5 Å². The highest BCUT2D eigenvalue weighted by atomic mass is 32.2. The Morgan fingerprint density at radius 3 is 2.38 bits per heavy atom. The van der Waals surface area contributed by atoms with E-state index in [1.807, 2.05) is 6.92 Å². The summed E-state index contributed by atoms with van der Waals surface area (Å²) in [5, 5.41) is 3.47. The minimum Gasteiger partial charge on any atom is -0.316 e. The number of alkyl halides is 5. The van der Waals surface area contributed by atoms with Crippen molar-refractivity contribution >= 4 is 41.5 Å². The highest BCUT2D eigenvalue weighted by molar-refractivity contribution is 8.01. The van der Waals surface area contributed by atoms with Gasteiger partial charge in [-0.2, -0.15) is 26.9 Å². The molecule has 0 fully saturated rings. The zero-order valence-corrected chi connectivity index (χ0v) is 21.1. The molecule has 2 heterocycles. The van der Waals surface area contributed by atoms with Gasteiger partial charge in [0.1, 0.15) is 5.69 Å². The molecule has 0 saturated carbocycles. The summed E-state index contributed by atoms with van der Waals surface area (Å²) < 4.78 is 78.7. The number of hydrogen-bond acceptors (Lipinski definition) is 5. The van der Waals surface area contributed by atoms with E-state index in [9.17, 15) is 31.3 Å². The molecule has 1 aromatic carbocycles. The molecule has 3 rings (SSSR count). The fourth-order valence-corrected chi connectivity index (χ4v) is 7.18. The molecule has 0 saturated heterocycles. The van der Waals surface area contributed by atoms with Crippen LogP contribution in [-0.2, 0) is 4.57 Å². The Balaban J connectivity index is 1.84. The maximum atomic E-state index is 13.3. The third-order valence-corrected chi connectivity index (χ3v) is 9.69. The van der Waals surface area contributed by atoms with Crippen molar-refractivity contribution in [3.8, 4) is 5.69 Å². The SMILES string of the molecule is Cc1sc(SCCCCC(F)(F)C(F)(F)F)c2c(NP(C)(=O)c3ccccc3)nc(=O)n-2c1C. The van der Waals surface area contributed by atoms with E-state index in [0.717, 1.165) is 4.88 Å². The van der Waals surface area contributed by atoms with E-state index >= 15 is 0 Å². The number of fused-ring (bicyclic) bond motifs is 1. The Morgan fingerprint density at radius 2 is 1.76 bits per heavy atom. The summed E-state index contributed by atoms with van der Waals surface area (Å²) in [7, 11) is -3.14. The lowest BCUT2D eigenvalue weighted by Crippen LogP contribution is -2.36. The Hall–Kier alpha value is -1.91. The van der Waals surface area contributed by atoms with E-state index < -0.39 is 31.5 Å². The Labute approximate surface area is 201 Å². The number of nitrogens with zero attached hydrogens (tertiary/aromatic N) is 2. The molecule has 0 radical (unpaired) electrons. The first-order valence-corrected chi connectivity index (χ1v) is 14.2. The summed E-state index contributed by atoms with van der Waals surface area (Å²) >= 11 is 2.60. The molecule has 2 aliphatic heterocycles. The predicted molar refractivity (Wildman–Crippen MR) is 127 cm³/mol. The van der Waals surface area contributed by atoms with Gasteiger partial charge in [-0.25, -0.2) is 4.79 Å². The number of benzene rings is 1. The number of hydrogen-bond donors (Lipinski definition) is 1. The van der Waals surface area contributed by atoms with Crippen LogP contribution in [-0.4, -0.2) is 34.1 Å². The Morgan fingerprint density at radius 1 is 1.12 bits per heavy atom. The van der Waals surface area contributed by atoms with Gasteiger partial charge in [0, 0.05) is 29.0 Å². The van der Waals surface area contributed by atoms with Crippen molar-refractivity contribution < 1.29 is 26.5 Å². The molecule has 186 valence electrons. The number of thioether (sulfide) groups is 1. The van der Waals surface area contributed by atoms with Gasteiger partial charge in [0.15, 0.2) is 13.1 Å². The second kappa shape index (κ2) is 9.99. The third-order valence-electron chi connectivity index (χ3n) is 5.23. The molecule has 1 aromatic rings. The van der Waals surface area contributed by atoms with E-state index in [2.05, 4.69) is 10.1 Å². The fraction of sp³-hybridized carbons (Fsp3) is 0.429. The van der Waals surface area contributed by atoms with Crippen molar-refractivity contribution in [1.82, 2.24) is 9.55 Å². The van der Waals surface area contributed by atoms with E-state index in [4.69, 9.17) is 0 Å². The maximum absolute atomic E-state index is 13.3. The molecule has 0 amide bonds. The molecule has 5 nitrogen and oxygen atoms in total. The normalized spacial score (nSPS) is 14.4. The maximum Gasteiger partial charge on any atom is 0.453 e. The van der Waals surface area contributed by atoms with Gasteiger partial charge >= 0.3 is 17.8 Å². The number of aryl methyl sites for hydroxylation is 1. The van der Waals surface area contributed by atoms with E-state index in [1.54, 1.807) is 37.3 Å². The third kappa shape index (κ3) is 5.66. The van der Waals surface area contributed by atoms with Crippen LogP contribution in [0.5, 0.6) is 0 Å². The lowest BCUT2D eigenvalue weighted by atomic mass is 10.1. The summed E-state index contributed by atoms with van der Waals surface area (Å²) in [6.07, 6.45) is -7.01. The molecular formula is C21H23F5N3O2PS2. The van der Waals surface area contributed by atoms with Crippen LogP contribution in [0.15, 0.2) is 39.3 Å². The molecule has 0 spiro atoms. The fourth-order valence-electron chi connectivity index (χ4n) is 3.23. The van der Waals surface area contributed by atoms with Crippen LogP contribution < -0.4 is 16.1 Å². The number of unbranched alkanes of at least 4 members (excludes halogenated alkanes) is 1. The summed E-state index contributed by atoms with van der Waals surface area (Å²) in [4.78, 5) is 17.5. The average molecular weight is 540 g/mol. The summed E-state index contributed by atoms with van der Waals surface area (Å²) in [5.74, 6) is -4.30. The molecule has 13 heteroatoms. The second-order valence-corrected chi connectivity index (χ2v) is 13.0. The molecule has 2 aliphatic rings. The van der Waals surface area contributed by atoms with E-state index in [1.165, 1.54) is 34.3 Å². The Bertz CT molecular complexity index is 1230. The monoisotopic (exact) mass is 539 g/mol. The van der Waals surface area contributed by atoms with Crippen LogP contribution in [0.1, 0.15) is 29.8 Å². The minimum absolute atomic E-state index is 0.125. The summed E-state index contributed by atoms with van der Waals surface area (Å²) in [6, 6.07) is 8.69. The van der Waals surface area contributed by atoms with Gasteiger partial charge in [-0.3, -0.25) is 9.13 Å². The van der Waals surface area contributed by atoms with Crippen LogP contribution in [0, 0.1) is 13.8 Å². The second-order valence-electron chi connectivity index (χ2n) is 7.84.